The van der Waals surface area contributed by atoms with Gasteiger partial charge in [-0.3, -0.25) is 15.0 Å². The number of carbonyl (C=O) groups is 1. The van der Waals surface area contributed by atoms with E-state index in [0.29, 0.717) is 10.6 Å². The number of nitrogens with two attached hydrogens (primary N) is 1. The van der Waals surface area contributed by atoms with Crippen LogP contribution in [0, 0.1) is 22.7 Å². The highest BCUT2D eigenvalue weighted by molar-refractivity contribution is 6.30. The van der Waals surface area contributed by atoms with E-state index in [2.05, 4.69) is 10.4 Å². The molecule has 2 heterocycles. The number of hydrogen-bond acceptors (Lipinski definition) is 8. The molecule has 1 aliphatic rings. The standard InChI is InChI=1S/C23H13ClN6O3/c24-13-7-5-12(6-8-13)19-15(9-25)22-29-21(27)17(11-28-30(22)23(33)16(19)10-26)20(32)14-3-1-2-4-18(14)31/h1-8,11,28,31H,(H2,27,29). The maximum Gasteiger partial charge on any atom is 0.289 e. The summed E-state index contributed by atoms with van der Waals surface area (Å²) in [6.45, 7) is 0. The third kappa shape index (κ3) is 3.59. The monoisotopic (exact) mass is 456 g/mol. The van der Waals surface area contributed by atoms with E-state index in [4.69, 9.17) is 17.3 Å². The number of amidine groups is 1. The predicted molar refractivity (Wildman–Crippen MR) is 122 cm³/mol. The first kappa shape index (κ1) is 21.4. The lowest BCUT2D eigenvalue weighted by atomic mass is 9.96. The third-order valence-electron chi connectivity index (χ3n) is 4.94. The molecule has 1 aromatic heterocycles. The van der Waals surface area contributed by atoms with Crippen molar-refractivity contribution >= 4 is 29.0 Å². The summed E-state index contributed by atoms with van der Waals surface area (Å²) in [5, 5.41) is 30.1. The Morgan fingerprint density at radius 1 is 1.09 bits per heavy atom. The van der Waals surface area contributed by atoms with E-state index in [0.717, 1.165) is 10.9 Å². The number of aliphatic imine (C=N–C) groups is 1. The quantitative estimate of drug-likeness (QED) is 0.511. The van der Waals surface area contributed by atoms with Crippen LogP contribution in [0.5, 0.6) is 5.75 Å². The number of carbonyl (C=O) groups excluding carboxylic acids is 1. The third-order valence-corrected chi connectivity index (χ3v) is 5.19. The average molecular weight is 457 g/mol. The number of fused-ring (bicyclic) bond motifs is 1. The van der Waals surface area contributed by atoms with Crippen molar-refractivity contribution in [1.82, 2.24) is 4.68 Å². The predicted octanol–water partition coefficient (Wildman–Crippen LogP) is 2.93. The van der Waals surface area contributed by atoms with Crippen molar-refractivity contribution in [3.63, 3.8) is 0 Å². The Bertz CT molecular complexity index is 1520. The van der Waals surface area contributed by atoms with Crippen LogP contribution in [0.25, 0.3) is 11.1 Å². The Labute approximate surface area is 191 Å². The van der Waals surface area contributed by atoms with Gasteiger partial charge in [-0.2, -0.15) is 15.2 Å². The summed E-state index contributed by atoms with van der Waals surface area (Å²) in [4.78, 5) is 30.3. The smallest absolute Gasteiger partial charge is 0.289 e. The molecule has 0 saturated heterocycles. The molecule has 0 atom stereocenters. The maximum atomic E-state index is 13.1. The summed E-state index contributed by atoms with van der Waals surface area (Å²) in [5.41, 5.74) is 7.78. The molecule has 10 heteroatoms. The van der Waals surface area contributed by atoms with E-state index >= 15 is 0 Å². The van der Waals surface area contributed by atoms with Crippen molar-refractivity contribution in [2.75, 3.05) is 5.43 Å². The van der Waals surface area contributed by atoms with Crippen LogP contribution in [-0.2, 0) is 0 Å². The molecule has 0 fully saturated rings. The van der Waals surface area contributed by atoms with Crippen LogP contribution >= 0.6 is 11.6 Å². The second-order valence-corrected chi connectivity index (χ2v) is 7.29. The molecule has 33 heavy (non-hydrogen) atoms. The van der Waals surface area contributed by atoms with Gasteiger partial charge in [-0.1, -0.05) is 35.9 Å². The number of pyridine rings is 1. The van der Waals surface area contributed by atoms with Crippen molar-refractivity contribution in [2.45, 2.75) is 0 Å². The number of rotatable bonds is 3. The molecular weight excluding hydrogens is 444 g/mol. The van der Waals surface area contributed by atoms with Gasteiger partial charge in [0.2, 0.25) is 5.78 Å². The van der Waals surface area contributed by atoms with Gasteiger partial charge >= 0.3 is 0 Å². The number of aromatic nitrogens is 1. The summed E-state index contributed by atoms with van der Waals surface area (Å²) in [7, 11) is 0. The molecule has 9 nitrogen and oxygen atoms in total. The van der Waals surface area contributed by atoms with Gasteiger partial charge in [0.05, 0.1) is 11.1 Å². The molecule has 4 rings (SSSR count). The molecule has 0 bridgehead atoms. The number of hydrogen-bond donors (Lipinski definition) is 3. The summed E-state index contributed by atoms with van der Waals surface area (Å²) in [6.07, 6.45) is 1.13. The number of phenols is 1. The van der Waals surface area contributed by atoms with Crippen molar-refractivity contribution in [1.29, 1.82) is 10.5 Å². The summed E-state index contributed by atoms with van der Waals surface area (Å²) in [5.74, 6) is -1.38. The maximum absolute atomic E-state index is 13.1. The number of nitrogens with zero attached hydrogens (tertiary/aromatic N) is 4. The fourth-order valence-corrected chi connectivity index (χ4v) is 3.50. The molecule has 3 aromatic rings. The molecule has 0 aliphatic carbocycles. The number of Topliss-reactive ketones (excluding diaryl/α,β-unsaturated/α-hetero) is 1. The Kier molecular flexibility index (Phi) is 5.41. The minimum Gasteiger partial charge on any atom is -0.507 e. The van der Waals surface area contributed by atoms with E-state index < -0.39 is 11.3 Å². The summed E-state index contributed by atoms with van der Waals surface area (Å²) in [6, 6.07) is 15.9. The van der Waals surface area contributed by atoms with E-state index in [-0.39, 0.29) is 45.2 Å². The number of para-hydroxylation sites is 1. The largest absolute Gasteiger partial charge is 0.507 e. The second-order valence-electron chi connectivity index (χ2n) is 6.85. The average Bonchev–Trinajstić information content (AvgIpc) is 2.98. The van der Waals surface area contributed by atoms with Crippen molar-refractivity contribution in [2.24, 2.45) is 10.7 Å². The zero-order valence-corrected chi connectivity index (χ0v) is 17.5. The van der Waals surface area contributed by atoms with Crippen LogP contribution < -0.4 is 16.7 Å². The van der Waals surface area contributed by atoms with Crippen molar-refractivity contribution in [3.05, 3.63) is 92.4 Å². The SMILES string of the molecule is N#Cc1c(-c2ccc(Cl)cc2)c(C#N)c(=O)n2c1N=C(N)C(C(=O)c1ccccc1O)=CN2. The minimum atomic E-state index is -0.791. The molecule has 0 saturated carbocycles. The minimum absolute atomic E-state index is 0.0259. The molecule has 4 N–H and O–H groups in total. The van der Waals surface area contributed by atoms with Gasteiger partial charge in [0, 0.05) is 16.8 Å². The van der Waals surface area contributed by atoms with Crippen LogP contribution in [-0.4, -0.2) is 21.4 Å². The second kappa shape index (κ2) is 8.35. The molecular formula is C23H13ClN6O3. The lowest BCUT2D eigenvalue weighted by Crippen LogP contribution is -2.29. The molecule has 0 amide bonds. The molecule has 160 valence electrons. The first-order valence-corrected chi connectivity index (χ1v) is 9.78. The highest BCUT2D eigenvalue weighted by atomic mass is 35.5. The Balaban J connectivity index is 1.96. The van der Waals surface area contributed by atoms with E-state index in [1.807, 2.05) is 12.1 Å². The Morgan fingerprint density at radius 3 is 2.39 bits per heavy atom. The number of benzene rings is 2. The van der Waals surface area contributed by atoms with Crippen LogP contribution in [0.15, 0.2) is 70.1 Å². The zero-order valence-electron chi connectivity index (χ0n) is 16.7. The number of aromatic hydroxyl groups is 1. The fraction of sp³-hybridized carbons (Fsp3) is 0. The molecule has 1 aliphatic heterocycles. The van der Waals surface area contributed by atoms with Crippen LogP contribution in [0.3, 0.4) is 0 Å². The van der Waals surface area contributed by atoms with Crippen LogP contribution in [0.2, 0.25) is 5.02 Å². The van der Waals surface area contributed by atoms with Gasteiger partial charge in [-0.25, -0.2) is 4.99 Å². The van der Waals surface area contributed by atoms with Gasteiger partial charge in [0.15, 0.2) is 5.82 Å². The first-order valence-electron chi connectivity index (χ1n) is 9.40. The number of nitriles is 2. The summed E-state index contributed by atoms with van der Waals surface area (Å²) < 4.78 is 0.870. The van der Waals surface area contributed by atoms with Crippen LogP contribution in [0.1, 0.15) is 21.5 Å². The van der Waals surface area contributed by atoms with Gasteiger partial charge in [0.1, 0.15) is 34.9 Å². The molecule has 0 spiro atoms. The summed E-state index contributed by atoms with van der Waals surface area (Å²) >= 11 is 5.94. The van der Waals surface area contributed by atoms with Gasteiger partial charge in [0.25, 0.3) is 5.56 Å². The van der Waals surface area contributed by atoms with E-state index in [1.54, 1.807) is 36.4 Å². The van der Waals surface area contributed by atoms with Gasteiger partial charge < -0.3 is 10.8 Å². The number of halogens is 1. The van der Waals surface area contributed by atoms with Crippen molar-refractivity contribution < 1.29 is 9.90 Å². The fourth-order valence-electron chi connectivity index (χ4n) is 3.37. The lowest BCUT2D eigenvalue weighted by Gasteiger charge is -2.14. The van der Waals surface area contributed by atoms with E-state index in [1.165, 1.54) is 12.1 Å². The lowest BCUT2D eigenvalue weighted by molar-refractivity contribution is 0.103. The zero-order chi connectivity index (χ0) is 23.7. The molecule has 0 unspecified atom stereocenters. The first-order chi connectivity index (χ1) is 15.9. The Morgan fingerprint density at radius 2 is 1.76 bits per heavy atom. The number of nitrogens with one attached hydrogen (secondary N) is 1. The topological polar surface area (TPSA) is 157 Å². The number of ketones is 1. The van der Waals surface area contributed by atoms with Crippen LogP contribution in [0.4, 0.5) is 5.82 Å². The highest BCUT2D eigenvalue weighted by Gasteiger charge is 2.27. The Hall–Kier alpha value is -4.86. The normalized spacial score (nSPS) is 12.2. The number of phenolic OH excluding ortho intramolecular Hbond substituents is 1. The van der Waals surface area contributed by atoms with Gasteiger partial charge in [-0.05, 0) is 29.8 Å². The van der Waals surface area contributed by atoms with Gasteiger partial charge in [-0.15, -0.1) is 0 Å². The molecule has 0 radical (unpaired) electrons. The molecule has 2 aromatic carbocycles. The van der Waals surface area contributed by atoms with E-state index in [9.17, 15) is 25.2 Å². The highest BCUT2D eigenvalue weighted by Crippen LogP contribution is 2.33. The van der Waals surface area contributed by atoms with Crippen molar-refractivity contribution in [3.8, 4) is 29.0 Å².